The van der Waals surface area contributed by atoms with E-state index >= 15 is 0 Å². The van der Waals surface area contributed by atoms with Gasteiger partial charge in [0.2, 0.25) is 15.9 Å². The van der Waals surface area contributed by atoms with Crippen molar-refractivity contribution in [3.8, 4) is 0 Å². The van der Waals surface area contributed by atoms with E-state index in [0.717, 1.165) is 0 Å². The number of piperazine rings is 1. The van der Waals surface area contributed by atoms with Crippen LogP contribution in [-0.4, -0.2) is 61.7 Å². The molecule has 0 spiro atoms. The lowest BCUT2D eigenvalue weighted by Gasteiger charge is -2.35. The minimum absolute atomic E-state index is 0.0539. The third kappa shape index (κ3) is 4.78. The summed E-state index contributed by atoms with van der Waals surface area (Å²) in [6.45, 7) is 2.22. The van der Waals surface area contributed by atoms with Crippen LogP contribution in [0.15, 0.2) is 53.4 Å². The Hall–Kier alpha value is -2.13. The van der Waals surface area contributed by atoms with Crippen LogP contribution in [0.3, 0.4) is 0 Å². The number of carbonyl (C=O) groups is 2. The Balaban J connectivity index is 1.62. The zero-order chi connectivity index (χ0) is 21.9. The fourth-order valence-electron chi connectivity index (χ4n) is 3.21. The molecule has 2 aromatic rings. The Labute approximate surface area is 185 Å². The van der Waals surface area contributed by atoms with Crippen molar-refractivity contribution in [1.82, 2.24) is 14.5 Å². The molecule has 0 saturated carbocycles. The molecule has 7 nitrogen and oxygen atoms in total. The Morgan fingerprint density at radius 2 is 1.50 bits per heavy atom. The summed E-state index contributed by atoms with van der Waals surface area (Å²) in [5, 5.41) is 2.79. The molecule has 0 aliphatic carbocycles. The third-order valence-electron chi connectivity index (χ3n) is 4.82. The summed E-state index contributed by atoms with van der Waals surface area (Å²) in [5.41, 5.74) is 0.463. The highest BCUT2D eigenvalue weighted by Crippen LogP contribution is 2.31. The second-order valence-corrected chi connectivity index (χ2v) is 9.53. The van der Waals surface area contributed by atoms with Crippen molar-refractivity contribution in [3.05, 3.63) is 64.1 Å². The minimum Gasteiger partial charge on any atom is -0.341 e. The first-order chi connectivity index (χ1) is 14.2. The van der Waals surface area contributed by atoms with E-state index in [1.165, 1.54) is 21.3 Å². The van der Waals surface area contributed by atoms with Gasteiger partial charge >= 0.3 is 0 Å². The van der Waals surface area contributed by atoms with Gasteiger partial charge in [-0.15, -0.1) is 0 Å². The van der Waals surface area contributed by atoms with E-state index in [9.17, 15) is 18.0 Å². The summed E-state index contributed by atoms with van der Waals surface area (Å²) in [4.78, 5) is 26.4. The van der Waals surface area contributed by atoms with E-state index in [-0.39, 0.29) is 52.9 Å². The van der Waals surface area contributed by atoms with E-state index in [2.05, 4.69) is 5.32 Å². The number of halogens is 2. The van der Waals surface area contributed by atoms with Crippen LogP contribution in [0.1, 0.15) is 17.3 Å². The van der Waals surface area contributed by atoms with E-state index in [4.69, 9.17) is 23.2 Å². The van der Waals surface area contributed by atoms with E-state index in [0.29, 0.717) is 5.56 Å². The molecular weight excluding hydrogens is 449 g/mol. The van der Waals surface area contributed by atoms with Crippen molar-refractivity contribution in [1.29, 1.82) is 0 Å². The van der Waals surface area contributed by atoms with Crippen LogP contribution < -0.4 is 5.32 Å². The molecule has 0 aromatic heterocycles. The molecule has 1 N–H and O–H groups in total. The van der Waals surface area contributed by atoms with Crippen molar-refractivity contribution >= 4 is 45.0 Å². The highest BCUT2D eigenvalue weighted by molar-refractivity contribution is 7.89. The third-order valence-corrected chi connectivity index (χ3v) is 7.68. The second-order valence-electron chi connectivity index (χ2n) is 6.84. The van der Waals surface area contributed by atoms with Crippen LogP contribution in [-0.2, 0) is 14.8 Å². The molecule has 0 bridgehead atoms. The molecule has 3 rings (SSSR count). The lowest BCUT2D eigenvalue weighted by molar-refractivity contribution is -0.134. The molecule has 0 radical (unpaired) electrons. The lowest BCUT2D eigenvalue weighted by atomic mass is 10.2. The highest BCUT2D eigenvalue weighted by Gasteiger charge is 2.34. The molecule has 1 fully saturated rings. The maximum atomic E-state index is 12.9. The van der Waals surface area contributed by atoms with Gasteiger partial charge in [0.25, 0.3) is 5.91 Å². The molecule has 10 heteroatoms. The van der Waals surface area contributed by atoms with E-state index < -0.39 is 16.1 Å². The molecule has 160 valence electrons. The first-order valence-corrected chi connectivity index (χ1v) is 11.5. The van der Waals surface area contributed by atoms with Gasteiger partial charge in [0.1, 0.15) is 10.9 Å². The molecule has 2 amide bonds. The molecule has 1 saturated heterocycles. The number of carbonyl (C=O) groups excluding carboxylic acids is 2. The van der Waals surface area contributed by atoms with Crippen molar-refractivity contribution in [2.24, 2.45) is 0 Å². The largest absolute Gasteiger partial charge is 0.341 e. The maximum Gasteiger partial charge on any atom is 0.251 e. The molecule has 2 aromatic carbocycles. The average Bonchev–Trinajstić information content (AvgIpc) is 2.73. The highest BCUT2D eigenvalue weighted by atomic mass is 35.5. The normalized spacial score (nSPS) is 16.2. The fourth-order valence-corrected chi connectivity index (χ4v) is 5.73. The average molecular weight is 470 g/mol. The standard InChI is InChI=1S/C20H21Cl2N3O4S/c1-14(23-19(26)15-6-3-2-4-7-15)20(27)24-10-12-25(13-11-24)30(28,29)18-16(21)8-5-9-17(18)22/h2-9,14H,10-13H2,1H3,(H,23,26)/t14-/m0/s1. The molecule has 30 heavy (non-hydrogen) atoms. The quantitative estimate of drug-likeness (QED) is 0.728. The van der Waals surface area contributed by atoms with Gasteiger partial charge in [-0.1, -0.05) is 47.5 Å². The van der Waals surface area contributed by atoms with Crippen molar-refractivity contribution < 1.29 is 18.0 Å². The molecular formula is C20H21Cl2N3O4S. The van der Waals surface area contributed by atoms with Gasteiger partial charge in [-0.3, -0.25) is 9.59 Å². The minimum atomic E-state index is -3.89. The van der Waals surface area contributed by atoms with Crippen LogP contribution in [0.5, 0.6) is 0 Å². The van der Waals surface area contributed by atoms with Gasteiger partial charge in [0.05, 0.1) is 10.0 Å². The Kier molecular flexibility index (Phi) is 7.02. The van der Waals surface area contributed by atoms with E-state index in [1.807, 2.05) is 0 Å². The molecule has 1 atom stereocenters. The number of amides is 2. The lowest BCUT2D eigenvalue weighted by Crippen LogP contribution is -2.55. The monoisotopic (exact) mass is 469 g/mol. The summed E-state index contributed by atoms with van der Waals surface area (Å²) >= 11 is 12.1. The topological polar surface area (TPSA) is 86.8 Å². The van der Waals surface area contributed by atoms with Crippen LogP contribution in [0.4, 0.5) is 0 Å². The van der Waals surface area contributed by atoms with Crippen molar-refractivity contribution in [2.75, 3.05) is 26.2 Å². The smallest absolute Gasteiger partial charge is 0.251 e. The Morgan fingerprint density at radius 3 is 2.07 bits per heavy atom. The predicted molar refractivity (Wildman–Crippen MR) is 115 cm³/mol. The number of hydrogen-bond acceptors (Lipinski definition) is 4. The van der Waals surface area contributed by atoms with Gasteiger partial charge in [0, 0.05) is 31.7 Å². The summed E-state index contributed by atoms with van der Waals surface area (Å²) < 4.78 is 27.1. The molecule has 1 aliphatic rings. The van der Waals surface area contributed by atoms with Crippen LogP contribution in [0.25, 0.3) is 0 Å². The molecule has 1 heterocycles. The summed E-state index contributed by atoms with van der Waals surface area (Å²) in [6, 6.07) is 12.4. The zero-order valence-electron chi connectivity index (χ0n) is 16.2. The van der Waals surface area contributed by atoms with Gasteiger partial charge in [-0.2, -0.15) is 4.31 Å². The maximum absolute atomic E-state index is 12.9. The van der Waals surface area contributed by atoms with Crippen LogP contribution >= 0.6 is 23.2 Å². The van der Waals surface area contributed by atoms with Crippen molar-refractivity contribution in [2.45, 2.75) is 17.9 Å². The summed E-state index contributed by atoms with van der Waals surface area (Å²) in [5.74, 6) is -0.613. The zero-order valence-corrected chi connectivity index (χ0v) is 18.5. The summed E-state index contributed by atoms with van der Waals surface area (Å²) in [7, 11) is -3.89. The Morgan fingerprint density at radius 1 is 0.933 bits per heavy atom. The van der Waals surface area contributed by atoms with Gasteiger partial charge in [-0.05, 0) is 31.2 Å². The fraction of sp³-hybridized carbons (Fsp3) is 0.300. The number of nitrogens with zero attached hydrogens (tertiary/aromatic N) is 2. The van der Waals surface area contributed by atoms with Gasteiger partial charge in [0.15, 0.2) is 0 Å². The van der Waals surface area contributed by atoms with Crippen LogP contribution in [0, 0.1) is 0 Å². The number of rotatable bonds is 5. The number of sulfonamides is 1. The van der Waals surface area contributed by atoms with Gasteiger partial charge in [-0.25, -0.2) is 8.42 Å². The number of nitrogens with one attached hydrogen (secondary N) is 1. The first-order valence-electron chi connectivity index (χ1n) is 9.30. The first kappa shape index (κ1) is 22.6. The summed E-state index contributed by atoms with van der Waals surface area (Å²) in [6.07, 6.45) is 0. The SMILES string of the molecule is C[C@H](NC(=O)c1ccccc1)C(=O)N1CCN(S(=O)(=O)c2c(Cl)cccc2Cl)CC1. The van der Waals surface area contributed by atoms with Gasteiger partial charge < -0.3 is 10.2 Å². The second kappa shape index (κ2) is 9.34. The van der Waals surface area contributed by atoms with Crippen molar-refractivity contribution in [3.63, 3.8) is 0 Å². The number of benzene rings is 2. The molecule has 0 unspecified atom stereocenters. The number of hydrogen-bond donors (Lipinski definition) is 1. The molecule has 1 aliphatic heterocycles. The van der Waals surface area contributed by atoms with Crippen LogP contribution in [0.2, 0.25) is 10.0 Å². The predicted octanol–water partition coefficient (Wildman–Crippen LogP) is 2.64. The Bertz CT molecular complexity index is 1020. The van der Waals surface area contributed by atoms with E-state index in [1.54, 1.807) is 43.3 Å².